The second-order valence-corrected chi connectivity index (χ2v) is 7.47. The zero-order chi connectivity index (χ0) is 20.8. The predicted molar refractivity (Wildman–Crippen MR) is 113 cm³/mol. The van der Waals surface area contributed by atoms with E-state index in [4.69, 9.17) is 4.74 Å². The van der Waals surface area contributed by atoms with E-state index in [1.807, 2.05) is 35.8 Å². The molecule has 8 heteroatoms. The third-order valence-corrected chi connectivity index (χ3v) is 5.42. The van der Waals surface area contributed by atoms with Crippen molar-refractivity contribution in [3.05, 3.63) is 54.1 Å². The minimum absolute atomic E-state index is 0.206. The van der Waals surface area contributed by atoms with Crippen molar-refractivity contribution in [2.45, 2.75) is 30.8 Å². The summed E-state index contributed by atoms with van der Waals surface area (Å²) in [7, 11) is 1.62. The molecule has 3 aromatic rings. The lowest BCUT2D eigenvalue weighted by Crippen LogP contribution is -2.23. The van der Waals surface area contributed by atoms with Gasteiger partial charge in [0.2, 0.25) is 5.91 Å². The monoisotopic (exact) mass is 407 g/mol. The van der Waals surface area contributed by atoms with Gasteiger partial charge in [-0.15, -0.1) is 10.2 Å². The topological polar surface area (TPSA) is 92.8 Å². The van der Waals surface area contributed by atoms with E-state index >= 15 is 0 Å². The molecule has 0 radical (unpaired) electrons. The van der Waals surface area contributed by atoms with E-state index in [1.165, 1.54) is 11.8 Å². The minimum atomic E-state index is -0.429. The van der Waals surface area contributed by atoms with Gasteiger partial charge >= 0.3 is 0 Å². The summed E-state index contributed by atoms with van der Waals surface area (Å²) in [6.45, 7) is 4.45. The lowest BCUT2D eigenvalue weighted by molar-refractivity contribution is -0.115. The van der Waals surface area contributed by atoms with Crippen LogP contribution in [0.2, 0.25) is 0 Å². The van der Waals surface area contributed by atoms with Crippen molar-refractivity contribution in [1.82, 2.24) is 14.8 Å². The van der Waals surface area contributed by atoms with Crippen molar-refractivity contribution < 1.29 is 9.53 Å². The van der Waals surface area contributed by atoms with Crippen LogP contribution < -0.4 is 10.1 Å². The highest BCUT2D eigenvalue weighted by Crippen LogP contribution is 2.32. The molecule has 29 heavy (non-hydrogen) atoms. The maximum Gasteiger partial charge on any atom is 0.237 e. The Bertz CT molecular complexity index is 1060. The first-order chi connectivity index (χ1) is 14.1. The molecule has 1 unspecified atom stereocenters. The second kappa shape index (κ2) is 9.26. The zero-order valence-electron chi connectivity index (χ0n) is 16.4. The Kier molecular flexibility index (Phi) is 6.52. The number of nitrogens with zero attached hydrogens (tertiary/aromatic N) is 4. The Balaban J connectivity index is 1.80. The summed E-state index contributed by atoms with van der Waals surface area (Å²) in [4.78, 5) is 12.6. The SMILES string of the molecule is CCn1c(SC(C)C(=O)Nc2ccccc2C#N)nnc1-c1ccccc1OC. The lowest BCUT2D eigenvalue weighted by atomic mass is 10.2. The van der Waals surface area contributed by atoms with E-state index in [0.29, 0.717) is 34.5 Å². The number of thioether (sulfide) groups is 1. The molecule has 0 spiro atoms. The Morgan fingerprint density at radius 2 is 1.97 bits per heavy atom. The molecule has 0 saturated carbocycles. The fraction of sp³-hybridized carbons (Fsp3) is 0.238. The molecular formula is C21H21N5O2S. The van der Waals surface area contributed by atoms with Gasteiger partial charge in [0.1, 0.15) is 11.8 Å². The van der Waals surface area contributed by atoms with E-state index < -0.39 is 5.25 Å². The number of carbonyl (C=O) groups is 1. The highest BCUT2D eigenvalue weighted by atomic mass is 32.2. The summed E-state index contributed by atoms with van der Waals surface area (Å²) >= 11 is 1.32. The largest absolute Gasteiger partial charge is 0.496 e. The molecule has 0 aliphatic heterocycles. The minimum Gasteiger partial charge on any atom is -0.496 e. The number of methoxy groups -OCH3 is 1. The number of carbonyl (C=O) groups excluding carboxylic acids is 1. The summed E-state index contributed by atoms with van der Waals surface area (Å²) in [5.74, 6) is 1.20. The summed E-state index contributed by atoms with van der Waals surface area (Å²) in [5, 5.41) is 20.8. The third-order valence-electron chi connectivity index (χ3n) is 4.34. The first-order valence-corrected chi connectivity index (χ1v) is 10.00. The van der Waals surface area contributed by atoms with Crippen LogP contribution in [0.4, 0.5) is 5.69 Å². The third kappa shape index (κ3) is 4.41. The molecule has 1 amide bonds. The van der Waals surface area contributed by atoms with Crippen molar-refractivity contribution in [3.63, 3.8) is 0 Å². The van der Waals surface area contributed by atoms with Gasteiger partial charge in [0.15, 0.2) is 11.0 Å². The number of amides is 1. The van der Waals surface area contributed by atoms with Gasteiger partial charge in [-0.05, 0) is 38.1 Å². The van der Waals surface area contributed by atoms with Gasteiger partial charge in [0.05, 0.1) is 29.2 Å². The number of nitriles is 1. The molecule has 3 rings (SSSR count). The number of ether oxygens (including phenoxy) is 1. The summed E-state index contributed by atoms with van der Waals surface area (Å²) in [6.07, 6.45) is 0. The Hall–Kier alpha value is -3.31. The Morgan fingerprint density at radius 1 is 1.24 bits per heavy atom. The normalized spacial score (nSPS) is 11.5. The number of hydrogen-bond acceptors (Lipinski definition) is 6. The van der Waals surface area contributed by atoms with Gasteiger partial charge in [0.25, 0.3) is 0 Å². The Morgan fingerprint density at radius 3 is 2.69 bits per heavy atom. The van der Waals surface area contributed by atoms with Crippen molar-refractivity contribution in [2.75, 3.05) is 12.4 Å². The molecule has 1 heterocycles. The van der Waals surface area contributed by atoms with Crippen LogP contribution in [0.15, 0.2) is 53.7 Å². The van der Waals surface area contributed by atoms with E-state index in [1.54, 1.807) is 38.3 Å². The standard InChI is InChI=1S/C21H21N5O2S/c1-4-26-19(16-10-6-8-12-18(16)28-3)24-25-21(26)29-14(2)20(27)23-17-11-7-5-9-15(17)13-22/h5-12,14H,4H2,1-3H3,(H,23,27). The molecule has 148 valence electrons. The molecule has 1 aromatic heterocycles. The first kappa shape index (κ1) is 20.4. The van der Waals surface area contributed by atoms with Gasteiger partial charge in [-0.25, -0.2) is 0 Å². The van der Waals surface area contributed by atoms with E-state index in [9.17, 15) is 10.1 Å². The zero-order valence-corrected chi connectivity index (χ0v) is 17.2. The quantitative estimate of drug-likeness (QED) is 0.596. The molecule has 0 fully saturated rings. The number of hydrogen-bond donors (Lipinski definition) is 1. The molecule has 1 atom stereocenters. The van der Waals surface area contributed by atoms with Gasteiger partial charge in [-0.2, -0.15) is 5.26 Å². The fourth-order valence-electron chi connectivity index (χ4n) is 2.83. The average molecular weight is 407 g/mol. The Labute approximate surface area is 173 Å². The summed E-state index contributed by atoms with van der Waals surface area (Å²) in [5.41, 5.74) is 1.77. The van der Waals surface area contributed by atoms with Gasteiger partial charge < -0.3 is 14.6 Å². The smallest absolute Gasteiger partial charge is 0.237 e. The van der Waals surface area contributed by atoms with Crippen LogP contribution in [0.5, 0.6) is 5.75 Å². The molecule has 2 aromatic carbocycles. The van der Waals surface area contributed by atoms with Crippen LogP contribution in [0.3, 0.4) is 0 Å². The number of nitrogens with one attached hydrogen (secondary N) is 1. The molecule has 0 bridgehead atoms. The van der Waals surface area contributed by atoms with Crippen LogP contribution in [0, 0.1) is 11.3 Å². The fourth-order valence-corrected chi connectivity index (χ4v) is 3.74. The average Bonchev–Trinajstić information content (AvgIpc) is 3.16. The number of aromatic nitrogens is 3. The molecule has 0 aliphatic carbocycles. The van der Waals surface area contributed by atoms with Gasteiger partial charge in [-0.3, -0.25) is 4.79 Å². The predicted octanol–water partition coefficient (Wildman–Crippen LogP) is 3.96. The lowest BCUT2D eigenvalue weighted by Gasteiger charge is -2.14. The van der Waals surface area contributed by atoms with E-state index in [0.717, 1.165) is 5.56 Å². The maximum absolute atomic E-state index is 12.6. The molecule has 0 aliphatic rings. The van der Waals surface area contributed by atoms with Gasteiger partial charge in [0, 0.05) is 6.54 Å². The highest BCUT2D eigenvalue weighted by Gasteiger charge is 2.22. The number of anilines is 1. The molecule has 0 saturated heterocycles. The maximum atomic E-state index is 12.6. The van der Waals surface area contributed by atoms with Crippen LogP contribution >= 0.6 is 11.8 Å². The molecule has 7 nitrogen and oxygen atoms in total. The highest BCUT2D eigenvalue weighted by molar-refractivity contribution is 8.00. The second-order valence-electron chi connectivity index (χ2n) is 6.16. The molecule has 1 N–H and O–H groups in total. The summed E-state index contributed by atoms with van der Waals surface area (Å²) in [6, 6.07) is 16.6. The molecular weight excluding hydrogens is 386 g/mol. The summed E-state index contributed by atoms with van der Waals surface area (Å²) < 4.78 is 7.39. The van der Waals surface area contributed by atoms with Crippen LogP contribution in [-0.2, 0) is 11.3 Å². The van der Waals surface area contributed by atoms with Crippen molar-refractivity contribution in [3.8, 4) is 23.2 Å². The van der Waals surface area contributed by atoms with Crippen LogP contribution in [-0.4, -0.2) is 33.0 Å². The number of rotatable bonds is 7. The van der Waals surface area contributed by atoms with Gasteiger partial charge in [-0.1, -0.05) is 36.0 Å². The van der Waals surface area contributed by atoms with Crippen LogP contribution in [0.25, 0.3) is 11.4 Å². The van der Waals surface area contributed by atoms with Crippen molar-refractivity contribution in [1.29, 1.82) is 5.26 Å². The first-order valence-electron chi connectivity index (χ1n) is 9.12. The van der Waals surface area contributed by atoms with Crippen molar-refractivity contribution in [2.24, 2.45) is 0 Å². The van der Waals surface area contributed by atoms with Crippen LogP contribution in [0.1, 0.15) is 19.4 Å². The number of para-hydroxylation sites is 2. The van der Waals surface area contributed by atoms with Crippen molar-refractivity contribution >= 4 is 23.4 Å². The van der Waals surface area contributed by atoms with E-state index in [-0.39, 0.29) is 5.91 Å². The number of benzene rings is 2. The van der Waals surface area contributed by atoms with E-state index in [2.05, 4.69) is 21.6 Å².